The van der Waals surface area contributed by atoms with E-state index < -0.39 is 5.97 Å². The van der Waals surface area contributed by atoms with E-state index in [-0.39, 0.29) is 0 Å². The van der Waals surface area contributed by atoms with Crippen LogP contribution in [-0.4, -0.2) is 33.1 Å². The molecule has 2 heterocycles. The summed E-state index contributed by atoms with van der Waals surface area (Å²) < 4.78 is 0. The van der Waals surface area contributed by atoms with Crippen molar-refractivity contribution in [2.75, 3.05) is 11.5 Å². The molecular formula is C23H40O2S2. The number of carboxylic acids is 1. The van der Waals surface area contributed by atoms with Gasteiger partial charge in [-0.15, -0.1) is 0 Å². The number of carboxylic acid groups (broad SMARTS) is 1. The van der Waals surface area contributed by atoms with E-state index >= 15 is 0 Å². The molecule has 27 heavy (non-hydrogen) atoms. The van der Waals surface area contributed by atoms with Crippen LogP contribution in [0.25, 0.3) is 0 Å². The summed E-state index contributed by atoms with van der Waals surface area (Å²) in [6, 6.07) is 0. The molecule has 0 aromatic rings. The maximum absolute atomic E-state index is 10.6. The number of hydrogen-bond donors (Lipinski definition) is 1. The highest BCUT2D eigenvalue weighted by molar-refractivity contribution is 8.01. The molecule has 1 N–H and O–H groups in total. The van der Waals surface area contributed by atoms with Crippen LogP contribution in [0.2, 0.25) is 0 Å². The summed E-state index contributed by atoms with van der Waals surface area (Å²) >= 11 is 4.45. The van der Waals surface area contributed by atoms with Crippen molar-refractivity contribution in [3.63, 3.8) is 0 Å². The maximum Gasteiger partial charge on any atom is 0.303 e. The molecule has 2 nitrogen and oxygen atoms in total. The zero-order chi connectivity index (χ0) is 19.3. The molecule has 4 atom stereocenters. The van der Waals surface area contributed by atoms with Gasteiger partial charge in [-0.25, -0.2) is 0 Å². The van der Waals surface area contributed by atoms with E-state index in [1.54, 1.807) is 0 Å². The minimum absolute atomic E-state index is 0.299. The molecule has 0 radical (unpaired) electrons. The highest BCUT2D eigenvalue weighted by atomic mass is 32.2. The summed E-state index contributed by atoms with van der Waals surface area (Å²) in [5, 5.41) is 10.5. The van der Waals surface area contributed by atoms with E-state index in [9.17, 15) is 4.79 Å². The first-order valence-corrected chi connectivity index (χ1v) is 13.4. The summed E-state index contributed by atoms with van der Waals surface area (Å²) in [4.78, 5) is 10.6. The molecule has 2 aliphatic rings. The molecule has 0 spiro atoms. The van der Waals surface area contributed by atoms with Crippen molar-refractivity contribution in [2.24, 2.45) is 11.8 Å². The van der Waals surface area contributed by atoms with Crippen LogP contribution in [0, 0.1) is 11.8 Å². The second kappa shape index (κ2) is 14.0. The van der Waals surface area contributed by atoms with Crippen LogP contribution in [0.15, 0.2) is 12.2 Å². The largest absolute Gasteiger partial charge is 0.481 e. The van der Waals surface area contributed by atoms with Crippen molar-refractivity contribution >= 4 is 29.5 Å². The van der Waals surface area contributed by atoms with E-state index in [2.05, 4.69) is 42.6 Å². The van der Waals surface area contributed by atoms with Gasteiger partial charge in [-0.3, -0.25) is 4.79 Å². The third-order valence-electron chi connectivity index (χ3n) is 6.15. The summed E-state index contributed by atoms with van der Waals surface area (Å²) in [6.45, 7) is 2.28. The van der Waals surface area contributed by atoms with Gasteiger partial charge in [-0.2, -0.15) is 23.5 Å². The van der Waals surface area contributed by atoms with E-state index in [0.717, 1.165) is 35.2 Å². The van der Waals surface area contributed by atoms with Gasteiger partial charge in [0.2, 0.25) is 0 Å². The lowest BCUT2D eigenvalue weighted by atomic mass is 9.75. The molecular weight excluding hydrogens is 372 g/mol. The molecule has 0 saturated carbocycles. The fourth-order valence-electron chi connectivity index (χ4n) is 4.66. The predicted octanol–water partition coefficient (Wildman–Crippen LogP) is 7.18. The van der Waals surface area contributed by atoms with Crippen LogP contribution in [0.4, 0.5) is 0 Å². The van der Waals surface area contributed by atoms with Gasteiger partial charge in [0.05, 0.1) is 0 Å². The lowest BCUT2D eigenvalue weighted by Crippen LogP contribution is -2.26. The van der Waals surface area contributed by atoms with E-state index in [0.29, 0.717) is 6.42 Å². The number of thioether (sulfide) groups is 2. The Morgan fingerprint density at radius 3 is 2.48 bits per heavy atom. The highest BCUT2D eigenvalue weighted by Crippen LogP contribution is 2.55. The Hall–Kier alpha value is -0.0900. The van der Waals surface area contributed by atoms with Crippen LogP contribution in [0.5, 0.6) is 0 Å². The third kappa shape index (κ3) is 8.85. The van der Waals surface area contributed by atoms with Gasteiger partial charge in [0.25, 0.3) is 0 Å². The smallest absolute Gasteiger partial charge is 0.303 e. The fourth-order valence-corrected chi connectivity index (χ4v) is 7.73. The van der Waals surface area contributed by atoms with Gasteiger partial charge in [-0.05, 0) is 74.7 Å². The molecule has 2 aliphatic heterocycles. The van der Waals surface area contributed by atoms with Crippen LogP contribution in [-0.2, 0) is 4.79 Å². The molecule has 2 saturated heterocycles. The van der Waals surface area contributed by atoms with Gasteiger partial charge < -0.3 is 5.11 Å². The molecule has 4 heteroatoms. The predicted molar refractivity (Wildman–Crippen MR) is 122 cm³/mol. The summed E-state index contributed by atoms with van der Waals surface area (Å²) in [6.07, 6.45) is 20.5. The van der Waals surface area contributed by atoms with Gasteiger partial charge in [0.1, 0.15) is 0 Å². The van der Waals surface area contributed by atoms with Crippen molar-refractivity contribution in [2.45, 2.75) is 101 Å². The molecule has 2 bridgehead atoms. The van der Waals surface area contributed by atoms with Crippen molar-refractivity contribution in [3.8, 4) is 0 Å². The SMILES string of the molecule is CCCCCCSCCCC[C@H]1[C@@H](C/C=C\CCCC(=O)O)[C@H]2CC[C@@H]1S2. The van der Waals surface area contributed by atoms with E-state index in [1.807, 2.05) is 0 Å². The molecule has 2 fully saturated rings. The minimum Gasteiger partial charge on any atom is -0.481 e. The number of unbranched alkanes of at least 4 members (excludes halogenated alkanes) is 5. The monoisotopic (exact) mass is 412 g/mol. The molecule has 0 aromatic heterocycles. The average Bonchev–Trinajstić information content (AvgIpc) is 3.25. The summed E-state index contributed by atoms with van der Waals surface area (Å²) in [5.74, 6) is 3.86. The zero-order valence-electron chi connectivity index (χ0n) is 17.2. The van der Waals surface area contributed by atoms with Gasteiger partial charge >= 0.3 is 5.97 Å². The highest BCUT2D eigenvalue weighted by Gasteiger charge is 2.46. The second-order valence-corrected chi connectivity index (χ2v) is 11.0. The fraction of sp³-hybridized carbons (Fsp3) is 0.870. The van der Waals surface area contributed by atoms with Crippen molar-refractivity contribution in [3.05, 3.63) is 12.2 Å². The number of carbonyl (C=O) groups is 1. The third-order valence-corrected chi connectivity index (χ3v) is 9.17. The van der Waals surface area contributed by atoms with E-state index in [1.165, 1.54) is 75.7 Å². The second-order valence-electron chi connectivity index (χ2n) is 8.28. The molecule has 0 amide bonds. The first-order chi connectivity index (χ1) is 13.2. The Labute approximate surface area is 175 Å². The Kier molecular flexibility index (Phi) is 12.0. The molecule has 0 aliphatic carbocycles. The lowest BCUT2D eigenvalue weighted by Gasteiger charge is -2.29. The van der Waals surface area contributed by atoms with Crippen molar-refractivity contribution in [1.29, 1.82) is 0 Å². The average molecular weight is 413 g/mol. The summed E-state index contributed by atoms with van der Waals surface area (Å²) in [7, 11) is 0. The number of hydrogen-bond acceptors (Lipinski definition) is 3. The molecule has 0 unspecified atom stereocenters. The topological polar surface area (TPSA) is 37.3 Å². The number of fused-ring (bicyclic) bond motifs is 2. The van der Waals surface area contributed by atoms with E-state index in [4.69, 9.17) is 5.11 Å². The maximum atomic E-state index is 10.6. The van der Waals surface area contributed by atoms with Gasteiger partial charge in [0, 0.05) is 16.9 Å². The van der Waals surface area contributed by atoms with Gasteiger partial charge in [-0.1, -0.05) is 44.8 Å². The zero-order valence-corrected chi connectivity index (χ0v) is 18.9. The van der Waals surface area contributed by atoms with Crippen LogP contribution >= 0.6 is 23.5 Å². The standard InChI is InChI=1S/C23H40O2S2/c1-2-3-4-10-17-26-18-11-9-13-20-19(21-15-16-22(20)27-21)12-7-5-6-8-14-23(24)25/h5,7,19-22H,2-4,6,8-18H2,1H3,(H,24,25)/b7-5-/t19-,20+,21-,22+/m1/s1. The Balaban J connectivity index is 1.57. The first-order valence-electron chi connectivity index (χ1n) is 11.3. The number of rotatable bonds is 16. The quantitative estimate of drug-likeness (QED) is 0.215. The molecule has 2 rings (SSSR count). The molecule has 0 aromatic carbocycles. The minimum atomic E-state index is -0.674. The lowest BCUT2D eigenvalue weighted by molar-refractivity contribution is -0.137. The first kappa shape index (κ1) is 23.2. The van der Waals surface area contributed by atoms with Crippen molar-refractivity contribution < 1.29 is 9.90 Å². The number of allylic oxidation sites excluding steroid dienone is 2. The van der Waals surface area contributed by atoms with Crippen LogP contribution < -0.4 is 0 Å². The Morgan fingerprint density at radius 1 is 1.00 bits per heavy atom. The normalized spacial score (nSPS) is 27.0. The van der Waals surface area contributed by atoms with Gasteiger partial charge in [0.15, 0.2) is 0 Å². The Morgan fingerprint density at radius 2 is 1.74 bits per heavy atom. The van der Waals surface area contributed by atoms with Crippen molar-refractivity contribution in [1.82, 2.24) is 0 Å². The molecule has 156 valence electrons. The van der Waals surface area contributed by atoms with Crippen LogP contribution in [0.1, 0.15) is 90.4 Å². The summed E-state index contributed by atoms with van der Waals surface area (Å²) in [5.41, 5.74) is 0. The Bertz CT molecular complexity index is 438. The van der Waals surface area contributed by atoms with Crippen LogP contribution in [0.3, 0.4) is 0 Å². The number of aliphatic carboxylic acids is 1.